The summed E-state index contributed by atoms with van der Waals surface area (Å²) in [4.78, 5) is 18.9. The zero-order chi connectivity index (χ0) is 25.2. The average molecular weight is 490 g/mol. The first-order chi connectivity index (χ1) is 17.4. The van der Waals surface area contributed by atoms with Gasteiger partial charge >= 0.3 is 0 Å². The number of nitrogens with two attached hydrogens (primary N) is 1. The quantitative estimate of drug-likeness (QED) is 0.471. The monoisotopic (exact) mass is 489 g/mol. The SMILES string of the molecule is CC(C)c1ccc(N2CC[C@H]2C)c2cnc(Nc3ccnc(N4CC[C@@H](OCCN)[C@H](C)C4)n3)cc12. The van der Waals surface area contributed by atoms with E-state index in [2.05, 4.69) is 66.0 Å². The molecule has 3 aromatic rings. The number of ether oxygens (including phenoxy) is 1. The van der Waals surface area contributed by atoms with Gasteiger partial charge in [0.1, 0.15) is 11.6 Å². The largest absolute Gasteiger partial charge is 0.376 e. The normalized spacial score (nSPS) is 22.2. The van der Waals surface area contributed by atoms with Crippen LogP contribution in [0.2, 0.25) is 0 Å². The Morgan fingerprint density at radius 1 is 1.08 bits per heavy atom. The Bertz CT molecular complexity index is 1200. The van der Waals surface area contributed by atoms with Crippen molar-refractivity contribution >= 4 is 34.0 Å². The van der Waals surface area contributed by atoms with Gasteiger partial charge in [-0.25, -0.2) is 9.97 Å². The minimum Gasteiger partial charge on any atom is -0.376 e. The van der Waals surface area contributed by atoms with Crippen LogP contribution in [-0.4, -0.2) is 59.9 Å². The second-order valence-electron chi connectivity index (χ2n) is 10.6. The molecule has 5 rings (SSSR count). The summed E-state index contributed by atoms with van der Waals surface area (Å²) in [5, 5.41) is 5.90. The molecule has 3 N–H and O–H groups in total. The molecule has 2 saturated heterocycles. The first-order valence-electron chi connectivity index (χ1n) is 13.3. The second kappa shape index (κ2) is 10.6. The molecule has 0 amide bonds. The van der Waals surface area contributed by atoms with E-state index in [0.717, 1.165) is 43.6 Å². The number of nitrogens with one attached hydrogen (secondary N) is 1. The lowest BCUT2D eigenvalue weighted by Crippen LogP contribution is -2.45. The molecule has 36 heavy (non-hydrogen) atoms. The Morgan fingerprint density at radius 2 is 1.94 bits per heavy atom. The molecule has 0 aliphatic carbocycles. The first kappa shape index (κ1) is 24.7. The molecular weight excluding hydrogens is 450 g/mol. The van der Waals surface area contributed by atoms with Gasteiger partial charge in [-0.05, 0) is 60.7 Å². The molecule has 0 radical (unpaired) electrons. The predicted octanol–water partition coefficient (Wildman–Crippen LogP) is 4.68. The van der Waals surface area contributed by atoms with Crippen LogP contribution >= 0.6 is 0 Å². The van der Waals surface area contributed by atoms with E-state index in [0.29, 0.717) is 31.0 Å². The molecule has 0 unspecified atom stereocenters. The van der Waals surface area contributed by atoms with Crippen LogP contribution in [0.1, 0.15) is 52.0 Å². The molecule has 0 spiro atoms. The molecule has 2 fully saturated rings. The number of hydrogen-bond acceptors (Lipinski definition) is 8. The number of pyridine rings is 1. The topological polar surface area (TPSA) is 92.4 Å². The molecule has 2 aliphatic heterocycles. The van der Waals surface area contributed by atoms with E-state index in [-0.39, 0.29) is 6.10 Å². The minimum absolute atomic E-state index is 0.243. The highest BCUT2D eigenvalue weighted by atomic mass is 16.5. The summed E-state index contributed by atoms with van der Waals surface area (Å²) in [7, 11) is 0. The highest BCUT2D eigenvalue weighted by Crippen LogP contribution is 2.37. The van der Waals surface area contributed by atoms with Crippen molar-refractivity contribution in [3.63, 3.8) is 0 Å². The van der Waals surface area contributed by atoms with Crippen LogP contribution in [0.3, 0.4) is 0 Å². The van der Waals surface area contributed by atoms with E-state index in [4.69, 9.17) is 20.4 Å². The number of hydrogen-bond donors (Lipinski definition) is 2. The van der Waals surface area contributed by atoms with Crippen LogP contribution < -0.4 is 20.9 Å². The van der Waals surface area contributed by atoms with Crippen molar-refractivity contribution < 1.29 is 4.74 Å². The maximum Gasteiger partial charge on any atom is 0.227 e. The highest BCUT2D eigenvalue weighted by molar-refractivity contribution is 5.98. The Hall–Kier alpha value is -2.97. The van der Waals surface area contributed by atoms with E-state index >= 15 is 0 Å². The number of aromatic nitrogens is 3. The van der Waals surface area contributed by atoms with Crippen LogP contribution in [0.25, 0.3) is 10.8 Å². The number of nitrogens with zero attached hydrogens (tertiary/aromatic N) is 5. The third-order valence-electron chi connectivity index (χ3n) is 7.62. The summed E-state index contributed by atoms with van der Waals surface area (Å²) in [6, 6.07) is 9.20. The molecule has 8 nitrogen and oxygen atoms in total. The van der Waals surface area contributed by atoms with E-state index < -0.39 is 0 Å². The van der Waals surface area contributed by atoms with E-state index in [1.54, 1.807) is 0 Å². The summed E-state index contributed by atoms with van der Waals surface area (Å²) >= 11 is 0. The van der Waals surface area contributed by atoms with Gasteiger partial charge < -0.3 is 25.6 Å². The lowest BCUT2D eigenvalue weighted by molar-refractivity contribution is 0.0102. The van der Waals surface area contributed by atoms with E-state index in [9.17, 15) is 0 Å². The Labute approximate surface area is 214 Å². The van der Waals surface area contributed by atoms with Crippen LogP contribution in [0.4, 0.5) is 23.3 Å². The number of benzene rings is 1. The Morgan fingerprint density at radius 3 is 2.64 bits per heavy atom. The van der Waals surface area contributed by atoms with Crippen molar-refractivity contribution in [3.8, 4) is 0 Å². The van der Waals surface area contributed by atoms with Crippen molar-refractivity contribution in [3.05, 3.63) is 42.2 Å². The summed E-state index contributed by atoms with van der Waals surface area (Å²) in [5.41, 5.74) is 8.23. The van der Waals surface area contributed by atoms with E-state index in [1.165, 1.54) is 28.4 Å². The van der Waals surface area contributed by atoms with Gasteiger partial charge in [-0.2, -0.15) is 4.98 Å². The van der Waals surface area contributed by atoms with Crippen LogP contribution in [0.15, 0.2) is 36.7 Å². The number of rotatable bonds is 8. The van der Waals surface area contributed by atoms with Gasteiger partial charge in [0.05, 0.1) is 12.7 Å². The minimum atomic E-state index is 0.243. The third kappa shape index (κ3) is 4.97. The van der Waals surface area contributed by atoms with E-state index in [1.807, 2.05) is 18.5 Å². The van der Waals surface area contributed by atoms with Gasteiger partial charge in [-0.15, -0.1) is 0 Å². The summed E-state index contributed by atoms with van der Waals surface area (Å²) in [5.74, 6) is 3.10. The van der Waals surface area contributed by atoms with Crippen molar-refractivity contribution in [2.75, 3.05) is 47.9 Å². The number of piperidine rings is 1. The number of anilines is 4. The summed E-state index contributed by atoms with van der Waals surface area (Å²) < 4.78 is 5.92. The molecule has 2 aliphatic rings. The first-order valence-corrected chi connectivity index (χ1v) is 13.3. The fourth-order valence-electron chi connectivity index (χ4n) is 5.42. The smallest absolute Gasteiger partial charge is 0.227 e. The van der Waals surface area contributed by atoms with Gasteiger partial charge in [0.25, 0.3) is 0 Å². The van der Waals surface area contributed by atoms with Crippen molar-refractivity contribution in [1.82, 2.24) is 15.0 Å². The summed E-state index contributed by atoms with van der Waals surface area (Å²) in [6.07, 6.45) is 6.26. The molecule has 2 aromatic heterocycles. The molecule has 0 bridgehead atoms. The zero-order valence-corrected chi connectivity index (χ0v) is 21.9. The zero-order valence-electron chi connectivity index (χ0n) is 21.9. The van der Waals surface area contributed by atoms with Gasteiger partial charge in [-0.1, -0.05) is 26.8 Å². The van der Waals surface area contributed by atoms with Gasteiger partial charge in [0.2, 0.25) is 5.95 Å². The predicted molar refractivity (Wildman–Crippen MR) is 147 cm³/mol. The van der Waals surface area contributed by atoms with Gasteiger partial charge in [0, 0.05) is 55.7 Å². The van der Waals surface area contributed by atoms with Crippen LogP contribution in [-0.2, 0) is 4.74 Å². The molecule has 0 saturated carbocycles. The standard InChI is InChI=1S/C28H39N7O/c1-18(2)21-5-6-24(35-13-8-20(35)4)23-16-31-27(15-22(21)23)32-26-7-11-30-28(33-26)34-12-9-25(19(3)17-34)36-14-10-29/h5-7,11,15-16,18-20,25H,8-10,12-14,17,29H2,1-4H3,(H,30,31,32,33)/t19-,20-,25-/m1/s1. The molecular formula is C28H39N7O. The van der Waals surface area contributed by atoms with Gasteiger partial charge in [0.15, 0.2) is 0 Å². The van der Waals surface area contributed by atoms with Crippen molar-refractivity contribution in [2.45, 2.75) is 58.6 Å². The third-order valence-corrected chi connectivity index (χ3v) is 7.62. The fraction of sp³-hybridized carbons (Fsp3) is 0.536. The second-order valence-corrected chi connectivity index (χ2v) is 10.6. The average Bonchev–Trinajstić information content (AvgIpc) is 2.87. The molecule has 1 aromatic carbocycles. The van der Waals surface area contributed by atoms with Crippen molar-refractivity contribution in [2.24, 2.45) is 11.7 Å². The summed E-state index contributed by atoms with van der Waals surface area (Å²) in [6.45, 7) is 13.0. The highest BCUT2D eigenvalue weighted by Gasteiger charge is 2.28. The van der Waals surface area contributed by atoms with Crippen molar-refractivity contribution in [1.29, 1.82) is 0 Å². The Kier molecular flexibility index (Phi) is 7.25. The molecule has 192 valence electrons. The maximum absolute atomic E-state index is 5.92. The van der Waals surface area contributed by atoms with Gasteiger partial charge in [-0.3, -0.25) is 0 Å². The lowest BCUT2D eigenvalue weighted by Gasteiger charge is -2.41. The molecule has 3 atom stereocenters. The maximum atomic E-state index is 5.92. The Balaban J connectivity index is 1.37. The molecule has 8 heteroatoms. The van der Waals surface area contributed by atoms with Crippen LogP contribution in [0.5, 0.6) is 0 Å². The molecule has 4 heterocycles. The number of fused-ring (bicyclic) bond motifs is 1. The van der Waals surface area contributed by atoms with Crippen LogP contribution in [0, 0.1) is 5.92 Å². The fourth-order valence-corrected chi connectivity index (χ4v) is 5.42. The lowest BCUT2D eigenvalue weighted by atomic mass is 9.94.